The maximum absolute atomic E-state index is 12.7. The van der Waals surface area contributed by atoms with Crippen molar-refractivity contribution < 1.29 is 14.4 Å². The highest BCUT2D eigenvalue weighted by Gasteiger charge is 2.37. The summed E-state index contributed by atoms with van der Waals surface area (Å²) >= 11 is 3.13. The van der Waals surface area contributed by atoms with Crippen LogP contribution in [0.25, 0.3) is 11.8 Å². The fraction of sp³-hybridized carbons (Fsp3) is 0.250. The standard InChI is InChI=1S/C20H18IN3O3S/c21-14-5-7-15(8-6-14)23-11-3-4-16(23)12-17-19(26)24(20(27)28-17)13-18(25)22-9-1-2-10-22/h3-8,11-12H,1-2,9-10,13H2/b17-12+. The minimum absolute atomic E-state index is 0.164. The fourth-order valence-corrected chi connectivity index (χ4v) is 4.50. The molecule has 3 amide bonds. The molecule has 0 radical (unpaired) electrons. The van der Waals surface area contributed by atoms with Gasteiger partial charge in [0.1, 0.15) is 6.54 Å². The molecule has 28 heavy (non-hydrogen) atoms. The van der Waals surface area contributed by atoms with Crippen LogP contribution in [-0.2, 0) is 9.59 Å². The molecule has 144 valence electrons. The van der Waals surface area contributed by atoms with Crippen LogP contribution in [0.4, 0.5) is 4.79 Å². The van der Waals surface area contributed by atoms with Crippen molar-refractivity contribution in [1.82, 2.24) is 14.4 Å². The highest BCUT2D eigenvalue weighted by molar-refractivity contribution is 14.1. The molecule has 0 N–H and O–H groups in total. The number of imide groups is 1. The monoisotopic (exact) mass is 507 g/mol. The van der Waals surface area contributed by atoms with E-state index in [0.29, 0.717) is 18.0 Å². The molecule has 0 spiro atoms. The second-order valence-corrected chi connectivity index (χ2v) is 8.87. The second-order valence-electron chi connectivity index (χ2n) is 6.64. The molecule has 2 fully saturated rings. The Bertz CT molecular complexity index is 961. The Morgan fingerprint density at radius 3 is 2.54 bits per heavy atom. The molecule has 0 unspecified atom stereocenters. The summed E-state index contributed by atoms with van der Waals surface area (Å²) in [5.41, 5.74) is 1.78. The fourth-order valence-electron chi connectivity index (χ4n) is 3.32. The third-order valence-electron chi connectivity index (χ3n) is 4.79. The Hall–Kier alpha value is -2.07. The lowest BCUT2D eigenvalue weighted by Crippen LogP contribution is -2.40. The van der Waals surface area contributed by atoms with Gasteiger partial charge in [0.15, 0.2) is 0 Å². The van der Waals surface area contributed by atoms with Gasteiger partial charge < -0.3 is 9.47 Å². The van der Waals surface area contributed by atoms with Crippen LogP contribution in [0.15, 0.2) is 47.5 Å². The van der Waals surface area contributed by atoms with Gasteiger partial charge in [-0.05, 0) is 89.7 Å². The van der Waals surface area contributed by atoms with E-state index in [1.807, 2.05) is 47.2 Å². The van der Waals surface area contributed by atoms with Crippen molar-refractivity contribution in [3.8, 4) is 5.69 Å². The summed E-state index contributed by atoms with van der Waals surface area (Å²) < 4.78 is 3.10. The van der Waals surface area contributed by atoms with Crippen LogP contribution in [0.1, 0.15) is 18.5 Å². The van der Waals surface area contributed by atoms with Gasteiger partial charge in [-0.15, -0.1) is 0 Å². The zero-order chi connectivity index (χ0) is 19.7. The summed E-state index contributed by atoms with van der Waals surface area (Å²) in [5.74, 6) is -0.568. The molecule has 1 aromatic carbocycles. The number of hydrogen-bond donors (Lipinski definition) is 0. The quantitative estimate of drug-likeness (QED) is 0.468. The Kier molecular flexibility index (Phi) is 5.58. The molecule has 1 aromatic heterocycles. The van der Waals surface area contributed by atoms with Crippen molar-refractivity contribution >= 4 is 57.5 Å². The van der Waals surface area contributed by atoms with Gasteiger partial charge in [0.25, 0.3) is 11.1 Å². The van der Waals surface area contributed by atoms with Gasteiger partial charge in [-0.3, -0.25) is 19.3 Å². The van der Waals surface area contributed by atoms with Gasteiger partial charge in [0.05, 0.1) is 4.91 Å². The molecule has 6 nitrogen and oxygen atoms in total. The molecule has 0 bridgehead atoms. The minimum Gasteiger partial charge on any atom is -0.341 e. The van der Waals surface area contributed by atoms with Crippen molar-refractivity contribution in [1.29, 1.82) is 0 Å². The number of carbonyl (C=O) groups excluding carboxylic acids is 3. The predicted octanol–water partition coefficient (Wildman–Crippen LogP) is 3.74. The summed E-state index contributed by atoms with van der Waals surface area (Å²) in [5, 5.41) is -0.392. The van der Waals surface area contributed by atoms with E-state index in [2.05, 4.69) is 22.6 Å². The molecular formula is C20H18IN3O3S. The Labute approximate surface area is 180 Å². The Balaban J connectivity index is 1.54. The van der Waals surface area contributed by atoms with Crippen LogP contribution in [-0.4, -0.2) is 51.1 Å². The predicted molar refractivity (Wildman–Crippen MR) is 117 cm³/mol. The van der Waals surface area contributed by atoms with Gasteiger partial charge in [-0.1, -0.05) is 0 Å². The number of likely N-dealkylation sites (tertiary alicyclic amines) is 1. The lowest BCUT2D eigenvalue weighted by atomic mass is 10.3. The summed E-state index contributed by atoms with van der Waals surface area (Å²) in [7, 11) is 0. The number of nitrogens with zero attached hydrogens (tertiary/aromatic N) is 3. The van der Waals surface area contributed by atoms with E-state index < -0.39 is 11.1 Å². The first kappa shape index (κ1) is 19.3. The van der Waals surface area contributed by atoms with E-state index in [9.17, 15) is 14.4 Å². The van der Waals surface area contributed by atoms with Crippen molar-refractivity contribution in [3.05, 3.63) is 56.8 Å². The lowest BCUT2D eigenvalue weighted by Gasteiger charge is -2.18. The highest BCUT2D eigenvalue weighted by Crippen LogP contribution is 2.32. The molecule has 2 aromatic rings. The Morgan fingerprint density at radius 2 is 1.82 bits per heavy atom. The number of rotatable bonds is 4. The average molecular weight is 507 g/mol. The highest BCUT2D eigenvalue weighted by atomic mass is 127. The maximum atomic E-state index is 12.7. The number of halogens is 1. The molecule has 0 aliphatic carbocycles. The summed E-state index contributed by atoms with van der Waals surface area (Å²) in [4.78, 5) is 40.5. The first-order valence-electron chi connectivity index (χ1n) is 8.99. The van der Waals surface area contributed by atoms with Crippen LogP contribution in [0.3, 0.4) is 0 Å². The largest absolute Gasteiger partial charge is 0.341 e. The second kappa shape index (κ2) is 8.12. The first-order chi connectivity index (χ1) is 13.5. The number of thioether (sulfide) groups is 1. The van der Waals surface area contributed by atoms with Crippen molar-refractivity contribution in [2.45, 2.75) is 12.8 Å². The van der Waals surface area contributed by atoms with Gasteiger partial charge in [-0.25, -0.2) is 0 Å². The van der Waals surface area contributed by atoms with Crippen LogP contribution < -0.4 is 0 Å². The lowest BCUT2D eigenvalue weighted by molar-refractivity contribution is -0.135. The number of benzene rings is 1. The van der Waals surface area contributed by atoms with Crippen LogP contribution in [0.2, 0.25) is 0 Å². The van der Waals surface area contributed by atoms with Gasteiger partial charge in [0.2, 0.25) is 5.91 Å². The van der Waals surface area contributed by atoms with E-state index in [1.165, 1.54) is 0 Å². The molecule has 3 heterocycles. The third kappa shape index (κ3) is 3.88. The zero-order valence-corrected chi connectivity index (χ0v) is 18.0. The van der Waals surface area contributed by atoms with Gasteiger partial charge >= 0.3 is 0 Å². The molecule has 8 heteroatoms. The molecule has 0 atom stereocenters. The molecule has 2 aliphatic heterocycles. The van der Waals surface area contributed by atoms with Crippen molar-refractivity contribution in [2.75, 3.05) is 19.6 Å². The number of hydrogen-bond acceptors (Lipinski definition) is 4. The third-order valence-corrected chi connectivity index (χ3v) is 6.42. The molecule has 4 rings (SSSR count). The van der Waals surface area contributed by atoms with Crippen LogP contribution in [0.5, 0.6) is 0 Å². The summed E-state index contributed by atoms with van der Waals surface area (Å²) in [6.45, 7) is 1.23. The molecular weight excluding hydrogens is 489 g/mol. The van der Waals surface area contributed by atoms with E-state index in [1.54, 1.807) is 11.0 Å². The van der Waals surface area contributed by atoms with E-state index >= 15 is 0 Å². The first-order valence-corrected chi connectivity index (χ1v) is 10.9. The van der Waals surface area contributed by atoms with Gasteiger partial charge in [-0.2, -0.15) is 0 Å². The average Bonchev–Trinajstić information content (AvgIpc) is 3.41. The number of aromatic nitrogens is 1. The summed E-state index contributed by atoms with van der Waals surface area (Å²) in [6, 6.07) is 11.8. The SMILES string of the molecule is O=C(CN1C(=O)S/C(=C/c2cccn2-c2ccc(I)cc2)C1=O)N1CCCC1. The minimum atomic E-state index is -0.405. The van der Waals surface area contributed by atoms with E-state index in [-0.39, 0.29) is 12.5 Å². The van der Waals surface area contributed by atoms with Crippen LogP contribution in [0, 0.1) is 3.57 Å². The number of carbonyl (C=O) groups is 3. The zero-order valence-electron chi connectivity index (χ0n) is 15.0. The molecule has 2 saturated heterocycles. The van der Waals surface area contributed by atoms with Gasteiger partial charge in [0, 0.05) is 34.2 Å². The number of amides is 3. The smallest absolute Gasteiger partial charge is 0.294 e. The van der Waals surface area contributed by atoms with E-state index in [0.717, 1.165) is 44.5 Å². The topological polar surface area (TPSA) is 62.6 Å². The van der Waals surface area contributed by atoms with Crippen molar-refractivity contribution in [2.24, 2.45) is 0 Å². The summed E-state index contributed by atoms with van der Waals surface area (Å²) in [6.07, 6.45) is 5.57. The maximum Gasteiger partial charge on any atom is 0.294 e. The molecule has 0 saturated carbocycles. The molecule has 2 aliphatic rings. The van der Waals surface area contributed by atoms with Crippen molar-refractivity contribution in [3.63, 3.8) is 0 Å². The normalized spacial score (nSPS) is 18.5. The Morgan fingerprint density at radius 1 is 1.11 bits per heavy atom. The van der Waals surface area contributed by atoms with E-state index in [4.69, 9.17) is 0 Å². The van der Waals surface area contributed by atoms with Crippen LogP contribution >= 0.6 is 34.4 Å².